The van der Waals surface area contributed by atoms with Crippen LogP contribution in [0.3, 0.4) is 0 Å². The second-order valence-corrected chi connectivity index (χ2v) is 3.90. The van der Waals surface area contributed by atoms with Crippen LogP contribution in [0.15, 0.2) is 12.7 Å². The van der Waals surface area contributed by atoms with E-state index in [0.29, 0.717) is 13.0 Å². The number of carbonyl (C=O) groups is 1. The molecule has 1 fully saturated rings. The topological polar surface area (TPSA) is 35.5 Å². The molecule has 1 saturated heterocycles. The van der Waals surface area contributed by atoms with Crippen LogP contribution in [0, 0.1) is 5.92 Å². The quantitative estimate of drug-likeness (QED) is 0.500. The summed E-state index contributed by atoms with van der Waals surface area (Å²) < 4.78 is 10.6. The average molecular weight is 198 g/mol. The minimum atomic E-state index is -0.109. The molecule has 3 heteroatoms. The zero-order valence-corrected chi connectivity index (χ0v) is 8.86. The van der Waals surface area contributed by atoms with Gasteiger partial charge in [0.2, 0.25) is 0 Å². The van der Waals surface area contributed by atoms with Gasteiger partial charge in [-0.3, -0.25) is 4.79 Å². The second-order valence-electron chi connectivity index (χ2n) is 3.90. The Kier molecular flexibility index (Phi) is 4.14. The molecule has 0 amide bonds. The monoisotopic (exact) mass is 198 g/mol. The van der Waals surface area contributed by atoms with Crippen LogP contribution in [-0.2, 0) is 14.3 Å². The number of hydrogen-bond acceptors (Lipinski definition) is 3. The Balaban J connectivity index is 2.31. The standard InChI is InChI=1S/C11H18O3/c1-4-5-9-6-10(14-11(9)12)7-13-8(2)3/h4,8-10H,1,5-7H2,2-3H3. The molecule has 1 heterocycles. The van der Waals surface area contributed by atoms with Crippen molar-refractivity contribution in [3.63, 3.8) is 0 Å². The van der Waals surface area contributed by atoms with Gasteiger partial charge in [-0.2, -0.15) is 0 Å². The van der Waals surface area contributed by atoms with Gasteiger partial charge in [0, 0.05) is 6.42 Å². The van der Waals surface area contributed by atoms with Crippen LogP contribution in [0.25, 0.3) is 0 Å². The molecule has 2 unspecified atom stereocenters. The van der Waals surface area contributed by atoms with E-state index in [9.17, 15) is 4.79 Å². The van der Waals surface area contributed by atoms with E-state index >= 15 is 0 Å². The van der Waals surface area contributed by atoms with E-state index in [1.54, 1.807) is 6.08 Å². The van der Waals surface area contributed by atoms with E-state index in [1.807, 2.05) is 13.8 Å². The molecular formula is C11H18O3. The number of cyclic esters (lactones) is 1. The molecule has 0 bridgehead atoms. The van der Waals surface area contributed by atoms with Crippen molar-refractivity contribution in [1.82, 2.24) is 0 Å². The summed E-state index contributed by atoms with van der Waals surface area (Å²) in [6, 6.07) is 0. The van der Waals surface area contributed by atoms with E-state index in [1.165, 1.54) is 0 Å². The fourth-order valence-corrected chi connectivity index (χ4v) is 1.52. The molecule has 0 radical (unpaired) electrons. The summed E-state index contributed by atoms with van der Waals surface area (Å²) in [6.45, 7) is 8.07. The zero-order chi connectivity index (χ0) is 10.6. The predicted octanol–water partition coefficient (Wildman–Crippen LogP) is 1.92. The molecule has 0 aromatic heterocycles. The van der Waals surface area contributed by atoms with Crippen LogP contribution in [0.2, 0.25) is 0 Å². The summed E-state index contributed by atoms with van der Waals surface area (Å²) in [7, 11) is 0. The van der Waals surface area contributed by atoms with Crippen molar-refractivity contribution in [2.24, 2.45) is 5.92 Å². The molecule has 80 valence electrons. The summed E-state index contributed by atoms with van der Waals surface area (Å²) in [5.41, 5.74) is 0. The average Bonchev–Trinajstić information content (AvgIpc) is 2.45. The first-order valence-corrected chi connectivity index (χ1v) is 5.06. The Morgan fingerprint density at radius 2 is 2.43 bits per heavy atom. The Morgan fingerprint density at radius 1 is 1.71 bits per heavy atom. The van der Waals surface area contributed by atoms with Crippen molar-refractivity contribution >= 4 is 5.97 Å². The fourth-order valence-electron chi connectivity index (χ4n) is 1.52. The molecule has 0 aliphatic carbocycles. The van der Waals surface area contributed by atoms with Crippen molar-refractivity contribution in [2.45, 2.75) is 38.9 Å². The number of carbonyl (C=O) groups excluding carboxylic acids is 1. The summed E-state index contributed by atoms with van der Waals surface area (Å²) in [6.07, 6.45) is 3.36. The third-order valence-corrected chi connectivity index (χ3v) is 2.23. The van der Waals surface area contributed by atoms with Crippen molar-refractivity contribution in [1.29, 1.82) is 0 Å². The highest BCUT2D eigenvalue weighted by atomic mass is 16.6. The largest absolute Gasteiger partial charge is 0.460 e. The molecule has 0 aromatic rings. The van der Waals surface area contributed by atoms with Gasteiger partial charge in [0.15, 0.2) is 0 Å². The SMILES string of the molecule is C=CCC1CC(COC(C)C)OC1=O. The lowest BCUT2D eigenvalue weighted by molar-refractivity contribution is -0.146. The summed E-state index contributed by atoms with van der Waals surface area (Å²) in [4.78, 5) is 11.3. The molecule has 3 nitrogen and oxygen atoms in total. The highest BCUT2D eigenvalue weighted by molar-refractivity contribution is 5.74. The summed E-state index contributed by atoms with van der Waals surface area (Å²) in [5.74, 6) is -0.115. The Labute approximate surface area is 85.1 Å². The first-order valence-electron chi connectivity index (χ1n) is 5.06. The van der Waals surface area contributed by atoms with Gasteiger partial charge < -0.3 is 9.47 Å². The van der Waals surface area contributed by atoms with Gasteiger partial charge in [-0.15, -0.1) is 6.58 Å². The number of ether oxygens (including phenoxy) is 2. The lowest BCUT2D eigenvalue weighted by Crippen LogP contribution is -2.18. The van der Waals surface area contributed by atoms with Gasteiger partial charge >= 0.3 is 5.97 Å². The van der Waals surface area contributed by atoms with Crippen LogP contribution in [0.4, 0.5) is 0 Å². The Bertz CT molecular complexity index is 211. The molecular weight excluding hydrogens is 180 g/mol. The molecule has 1 aliphatic heterocycles. The zero-order valence-electron chi connectivity index (χ0n) is 8.86. The van der Waals surface area contributed by atoms with Gasteiger partial charge in [0.05, 0.1) is 18.6 Å². The van der Waals surface area contributed by atoms with E-state index in [4.69, 9.17) is 9.47 Å². The maximum absolute atomic E-state index is 11.3. The van der Waals surface area contributed by atoms with Crippen LogP contribution in [0.1, 0.15) is 26.7 Å². The van der Waals surface area contributed by atoms with E-state index in [-0.39, 0.29) is 24.1 Å². The lowest BCUT2D eigenvalue weighted by Gasteiger charge is -2.11. The minimum absolute atomic E-state index is 0.00624. The van der Waals surface area contributed by atoms with Gasteiger partial charge in [-0.05, 0) is 20.3 Å². The van der Waals surface area contributed by atoms with Crippen molar-refractivity contribution < 1.29 is 14.3 Å². The number of rotatable bonds is 5. The molecule has 2 atom stereocenters. The van der Waals surface area contributed by atoms with Crippen LogP contribution >= 0.6 is 0 Å². The Hall–Kier alpha value is -0.830. The minimum Gasteiger partial charge on any atom is -0.460 e. The highest BCUT2D eigenvalue weighted by Crippen LogP contribution is 2.24. The molecule has 0 saturated carbocycles. The predicted molar refractivity (Wildman–Crippen MR) is 53.9 cm³/mol. The van der Waals surface area contributed by atoms with E-state index in [0.717, 1.165) is 6.42 Å². The van der Waals surface area contributed by atoms with Crippen LogP contribution < -0.4 is 0 Å². The molecule has 14 heavy (non-hydrogen) atoms. The molecule has 0 N–H and O–H groups in total. The molecule has 1 rings (SSSR count). The molecule has 0 aromatic carbocycles. The second kappa shape index (κ2) is 5.15. The lowest BCUT2D eigenvalue weighted by atomic mass is 10.0. The summed E-state index contributed by atoms with van der Waals surface area (Å²) in [5, 5.41) is 0. The fraction of sp³-hybridized carbons (Fsp3) is 0.727. The molecule has 0 spiro atoms. The number of allylic oxidation sites excluding steroid dienone is 1. The highest BCUT2D eigenvalue weighted by Gasteiger charge is 2.33. The maximum Gasteiger partial charge on any atom is 0.309 e. The summed E-state index contributed by atoms with van der Waals surface area (Å²) >= 11 is 0. The number of hydrogen-bond donors (Lipinski definition) is 0. The van der Waals surface area contributed by atoms with Gasteiger partial charge in [0.25, 0.3) is 0 Å². The maximum atomic E-state index is 11.3. The van der Waals surface area contributed by atoms with Crippen molar-refractivity contribution in [3.8, 4) is 0 Å². The van der Waals surface area contributed by atoms with E-state index in [2.05, 4.69) is 6.58 Å². The van der Waals surface area contributed by atoms with Crippen molar-refractivity contribution in [3.05, 3.63) is 12.7 Å². The normalized spacial score (nSPS) is 26.6. The van der Waals surface area contributed by atoms with Gasteiger partial charge in [0.1, 0.15) is 6.10 Å². The van der Waals surface area contributed by atoms with E-state index < -0.39 is 0 Å². The first-order chi connectivity index (χ1) is 6.63. The Morgan fingerprint density at radius 3 is 3.00 bits per heavy atom. The van der Waals surface area contributed by atoms with Crippen LogP contribution in [-0.4, -0.2) is 24.8 Å². The first kappa shape index (κ1) is 11.2. The smallest absolute Gasteiger partial charge is 0.309 e. The third kappa shape index (κ3) is 3.14. The van der Waals surface area contributed by atoms with Gasteiger partial charge in [-0.25, -0.2) is 0 Å². The third-order valence-electron chi connectivity index (χ3n) is 2.23. The van der Waals surface area contributed by atoms with Crippen LogP contribution in [0.5, 0.6) is 0 Å². The number of esters is 1. The van der Waals surface area contributed by atoms with Crippen molar-refractivity contribution in [2.75, 3.05) is 6.61 Å². The molecule has 1 aliphatic rings. The van der Waals surface area contributed by atoms with Gasteiger partial charge in [-0.1, -0.05) is 6.08 Å².